The zero-order valence-corrected chi connectivity index (χ0v) is 14.3. The zero-order valence-electron chi connectivity index (χ0n) is 12.8. The minimum atomic E-state index is -0.423. The number of rotatable bonds is 5. The molecule has 0 aromatic heterocycles. The molecule has 1 N–H and O–H groups in total. The molecule has 23 heavy (non-hydrogen) atoms. The van der Waals surface area contributed by atoms with E-state index in [-0.39, 0.29) is 11.7 Å². The van der Waals surface area contributed by atoms with Gasteiger partial charge < -0.3 is 5.32 Å². The van der Waals surface area contributed by atoms with Crippen LogP contribution in [0.3, 0.4) is 0 Å². The standard InChI is InChI=1S/C17H17Cl2FN2O/c1-11(22(2)10-12-4-3-5-14(20)8-12)17(23)21-16-9-13(18)6-7-15(16)19/h3-9,11H,10H2,1-2H3,(H,21,23)/t11-/m1/s1. The van der Waals surface area contributed by atoms with E-state index in [0.29, 0.717) is 22.3 Å². The van der Waals surface area contributed by atoms with Crippen molar-refractivity contribution in [2.75, 3.05) is 12.4 Å². The van der Waals surface area contributed by atoms with Gasteiger partial charge in [0.1, 0.15) is 5.82 Å². The van der Waals surface area contributed by atoms with E-state index in [1.807, 2.05) is 11.0 Å². The number of amides is 1. The molecule has 0 saturated heterocycles. The highest BCUT2D eigenvalue weighted by atomic mass is 35.5. The van der Waals surface area contributed by atoms with E-state index in [0.717, 1.165) is 5.56 Å². The minimum absolute atomic E-state index is 0.215. The molecule has 0 radical (unpaired) electrons. The second kappa shape index (κ2) is 7.77. The zero-order chi connectivity index (χ0) is 17.0. The monoisotopic (exact) mass is 354 g/mol. The normalized spacial score (nSPS) is 12.3. The van der Waals surface area contributed by atoms with Crippen LogP contribution in [0.5, 0.6) is 0 Å². The van der Waals surface area contributed by atoms with Gasteiger partial charge in [-0.1, -0.05) is 35.3 Å². The van der Waals surface area contributed by atoms with Gasteiger partial charge in [-0.25, -0.2) is 4.39 Å². The molecule has 0 aliphatic carbocycles. The lowest BCUT2D eigenvalue weighted by Crippen LogP contribution is -2.39. The maximum absolute atomic E-state index is 13.2. The first-order valence-corrected chi connectivity index (χ1v) is 7.83. The van der Waals surface area contributed by atoms with Gasteiger partial charge in [-0.15, -0.1) is 0 Å². The third-order valence-corrected chi connectivity index (χ3v) is 4.11. The van der Waals surface area contributed by atoms with E-state index in [4.69, 9.17) is 23.2 Å². The van der Waals surface area contributed by atoms with Gasteiger partial charge >= 0.3 is 0 Å². The van der Waals surface area contributed by atoms with Crippen molar-refractivity contribution in [2.24, 2.45) is 0 Å². The number of carbonyl (C=O) groups is 1. The SMILES string of the molecule is C[C@H](C(=O)Nc1cc(Cl)ccc1Cl)N(C)Cc1cccc(F)c1. The summed E-state index contributed by atoms with van der Waals surface area (Å²) in [4.78, 5) is 14.2. The molecule has 0 unspecified atom stereocenters. The third-order valence-electron chi connectivity index (χ3n) is 3.55. The second-order valence-corrected chi connectivity index (χ2v) is 6.18. The molecular weight excluding hydrogens is 338 g/mol. The van der Waals surface area contributed by atoms with E-state index >= 15 is 0 Å². The average Bonchev–Trinajstić information content (AvgIpc) is 2.50. The molecule has 1 amide bonds. The summed E-state index contributed by atoms with van der Waals surface area (Å²) in [7, 11) is 1.80. The maximum Gasteiger partial charge on any atom is 0.241 e. The highest BCUT2D eigenvalue weighted by molar-refractivity contribution is 6.35. The number of benzene rings is 2. The topological polar surface area (TPSA) is 32.3 Å². The Kier molecular flexibility index (Phi) is 5.99. The highest BCUT2D eigenvalue weighted by Gasteiger charge is 2.19. The first kappa shape index (κ1) is 17.7. The van der Waals surface area contributed by atoms with Gasteiger partial charge in [-0.2, -0.15) is 0 Å². The second-order valence-electron chi connectivity index (χ2n) is 5.33. The summed E-state index contributed by atoms with van der Waals surface area (Å²) < 4.78 is 13.2. The number of nitrogens with one attached hydrogen (secondary N) is 1. The van der Waals surface area contributed by atoms with Gasteiger partial charge in [0, 0.05) is 11.6 Å². The molecule has 3 nitrogen and oxygen atoms in total. The van der Waals surface area contributed by atoms with Gasteiger partial charge in [0.25, 0.3) is 0 Å². The predicted molar refractivity (Wildman–Crippen MR) is 92.4 cm³/mol. The number of hydrogen-bond donors (Lipinski definition) is 1. The summed E-state index contributed by atoms with van der Waals surface area (Å²) in [6.45, 7) is 2.22. The van der Waals surface area contributed by atoms with Crippen LogP contribution in [-0.4, -0.2) is 23.9 Å². The number of carbonyl (C=O) groups excluding carboxylic acids is 1. The van der Waals surface area contributed by atoms with E-state index in [1.165, 1.54) is 12.1 Å². The lowest BCUT2D eigenvalue weighted by molar-refractivity contribution is -0.120. The maximum atomic E-state index is 13.2. The Balaban J connectivity index is 2.02. The predicted octanol–water partition coefficient (Wildman–Crippen LogP) is 4.59. The largest absolute Gasteiger partial charge is 0.323 e. The van der Waals surface area contributed by atoms with Crippen LogP contribution in [-0.2, 0) is 11.3 Å². The molecule has 122 valence electrons. The summed E-state index contributed by atoms with van der Waals surface area (Å²) in [6, 6.07) is 10.8. The number of hydrogen-bond acceptors (Lipinski definition) is 2. The summed E-state index contributed by atoms with van der Waals surface area (Å²) in [5.74, 6) is -0.508. The Morgan fingerprint density at radius 2 is 2.00 bits per heavy atom. The van der Waals surface area contributed by atoms with Gasteiger partial charge in [-0.05, 0) is 49.9 Å². The van der Waals surface area contributed by atoms with Gasteiger partial charge in [0.05, 0.1) is 16.8 Å². The molecule has 0 heterocycles. The van der Waals surface area contributed by atoms with Gasteiger partial charge in [0.15, 0.2) is 0 Å². The molecule has 0 aliphatic rings. The Morgan fingerprint density at radius 3 is 2.70 bits per heavy atom. The van der Waals surface area contributed by atoms with Crippen molar-refractivity contribution in [1.29, 1.82) is 0 Å². The molecule has 2 rings (SSSR count). The van der Waals surface area contributed by atoms with Crippen LogP contribution < -0.4 is 5.32 Å². The highest BCUT2D eigenvalue weighted by Crippen LogP contribution is 2.25. The van der Waals surface area contributed by atoms with Crippen molar-refractivity contribution in [3.8, 4) is 0 Å². The minimum Gasteiger partial charge on any atom is -0.323 e. The van der Waals surface area contributed by atoms with Crippen LogP contribution in [0.2, 0.25) is 10.0 Å². The molecule has 6 heteroatoms. The Morgan fingerprint density at radius 1 is 1.26 bits per heavy atom. The Bertz CT molecular complexity index is 709. The Hall–Kier alpha value is -1.62. The van der Waals surface area contributed by atoms with Crippen molar-refractivity contribution in [3.05, 3.63) is 63.9 Å². The molecular formula is C17H17Cl2FN2O. The van der Waals surface area contributed by atoms with Crippen LogP contribution in [0.1, 0.15) is 12.5 Å². The number of anilines is 1. The fourth-order valence-corrected chi connectivity index (χ4v) is 2.43. The van der Waals surface area contributed by atoms with Gasteiger partial charge in [0.2, 0.25) is 5.91 Å². The van der Waals surface area contributed by atoms with Crippen molar-refractivity contribution in [2.45, 2.75) is 19.5 Å². The molecule has 0 fully saturated rings. The molecule has 0 aliphatic heterocycles. The van der Waals surface area contributed by atoms with Crippen molar-refractivity contribution in [1.82, 2.24) is 4.90 Å². The molecule has 0 saturated carbocycles. The molecule has 0 spiro atoms. The first-order chi connectivity index (χ1) is 10.9. The first-order valence-electron chi connectivity index (χ1n) is 7.07. The molecule has 1 atom stereocenters. The lowest BCUT2D eigenvalue weighted by Gasteiger charge is -2.24. The van der Waals surface area contributed by atoms with E-state index < -0.39 is 6.04 Å². The molecule has 2 aromatic carbocycles. The summed E-state index contributed by atoms with van der Waals surface area (Å²) in [6.07, 6.45) is 0. The van der Waals surface area contributed by atoms with Gasteiger partial charge in [-0.3, -0.25) is 9.69 Å². The third kappa shape index (κ3) is 4.93. The molecule has 2 aromatic rings. The average molecular weight is 355 g/mol. The van der Waals surface area contributed by atoms with E-state index in [2.05, 4.69) is 5.32 Å². The summed E-state index contributed by atoms with van der Waals surface area (Å²) in [5, 5.41) is 3.67. The van der Waals surface area contributed by atoms with E-state index in [1.54, 1.807) is 38.2 Å². The summed E-state index contributed by atoms with van der Waals surface area (Å²) in [5.41, 5.74) is 1.27. The molecule has 0 bridgehead atoms. The van der Waals surface area contributed by atoms with Crippen LogP contribution in [0.4, 0.5) is 10.1 Å². The number of nitrogens with zero attached hydrogens (tertiary/aromatic N) is 1. The van der Waals surface area contributed by atoms with Crippen LogP contribution in [0.25, 0.3) is 0 Å². The quantitative estimate of drug-likeness (QED) is 0.851. The summed E-state index contributed by atoms with van der Waals surface area (Å²) >= 11 is 12.0. The van der Waals surface area contributed by atoms with Crippen LogP contribution in [0, 0.1) is 5.82 Å². The fraction of sp³-hybridized carbons (Fsp3) is 0.235. The smallest absolute Gasteiger partial charge is 0.241 e. The van der Waals surface area contributed by atoms with Crippen molar-refractivity contribution in [3.63, 3.8) is 0 Å². The number of halogens is 3. The number of likely N-dealkylation sites (N-methyl/N-ethyl adjacent to an activating group) is 1. The fourth-order valence-electron chi connectivity index (χ4n) is 2.09. The lowest BCUT2D eigenvalue weighted by atomic mass is 10.2. The van der Waals surface area contributed by atoms with Crippen molar-refractivity contribution >= 4 is 34.8 Å². The van der Waals surface area contributed by atoms with Crippen LogP contribution in [0.15, 0.2) is 42.5 Å². The Labute approximate surface area is 145 Å². The van der Waals surface area contributed by atoms with Crippen LogP contribution >= 0.6 is 23.2 Å². The van der Waals surface area contributed by atoms with Crippen molar-refractivity contribution < 1.29 is 9.18 Å². The van der Waals surface area contributed by atoms with E-state index in [9.17, 15) is 9.18 Å².